The number of benzene rings is 1. The molecule has 2 fully saturated rings. The zero-order chi connectivity index (χ0) is 21.8. The fraction of sp³-hybridized carbons (Fsp3) is 0.619. The van der Waals surface area contributed by atoms with Crippen LogP contribution in [-0.4, -0.2) is 73.4 Å². The van der Waals surface area contributed by atoms with E-state index in [4.69, 9.17) is 4.99 Å². The van der Waals surface area contributed by atoms with Crippen molar-refractivity contribution in [3.8, 4) is 0 Å². The maximum Gasteiger partial charge on any atom is 0.321 e. The number of hydrogen-bond acceptors (Lipinski definition) is 4. The molecule has 166 valence electrons. The van der Waals surface area contributed by atoms with Gasteiger partial charge < -0.3 is 20.4 Å². The summed E-state index contributed by atoms with van der Waals surface area (Å²) in [5, 5.41) is 6.24. The van der Waals surface area contributed by atoms with E-state index >= 15 is 0 Å². The summed E-state index contributed by atoms with van der Waals surface area (Å²) in [4.78, 5) is 20.9. The van der Waals surface area contributed by atoms with E-state index in [2.05, 4.69) is 10.6 Å². The van der Waals surface area contributed by atoms with Crippen molar-refractivity contribution in [2.45, 2.75) is 44.9 Å². The van der Waals surface area contributed by atoms with Crippen molar-refractivity contribution in [2.75, 3.05) is 43.8 Å². The molecule has 8 nitrogen and oxygen atoms in total. The SMILES string of the molecule is CCNC(=NCc1cccc(NC(=O)N2CCCC2)c1)N1CCS(=O)(=O)C(C)(C)C1. The standard InChI is InChI=1S/C21H33N5O3S/c1-4-22-19(26-12-13-30(28,29)21(2,3)16-26)23-15-17-8-7-9-18(14-17)24-20(27)25-10-5-6-11-25/h7-9,14H,4-6,10-13,15-16H2,1-3H3,(H,22,23)(H,24,27). The molecule has 2 N–H and O–H groups in total. The number of sulfone groups is 1. The normalized spacial score (nSPS) is 20.8. The molecule has 1 aromatic rings. The first-order valence-corrected chi connectivity index (χ1v) is 12.3. The number of guanidine groups is 1. The predicted octanol–water partition coefficient (Wildman–Crippen LogP) is 2.29. The molecule has 0 atom stereocenters. The number of likely N-dealkylation sites (tertiary alicyclic amines) is 1. The minimum absolute atomic E-state index is 0.0572. The van der Waals surface area contributed by atoms with Gasteiger partial charge in [-0.1, -0.05) is 12.1 Å². The van der Waals surface area contributed by atoms with E-state index in [1.54, 1.807) is 13.8 Å². The molecule has 0 bridgehead atoms. The lowest BCUT2D eigenvalue weighted by Crippen LogP contribution is -2.57. The molecule has 0 unspecified atom stereocenters. The van der Waals surface area contributed by atoms with Crippen LogP contribution in [0.5, 0.6) is 0 Å². The number of carbonyl (C=O) groups is 1. The maximum absolute atomic E-state index is 12.3. The fourth-order valence-electron chi connectivity index (χ4n) is 3.79. The van der Waals surface area contributed by atoms with E-state index in [0.29, 0.717) is 32.1 Å². The monoisotopic (exact) mass is 435 g/mol. The molecule has 3 rings (SSSR count). The van der Waals surface area contributed by atoms with E-state index in [1.165, 1.54) is 0 Å². The van der Waals surface area contributed by atoms with E-state index in [0.717, 1.165) is 37.2 Å². The summed E-state index contributed by atoms with van der Waals surface area (Å²) < 4.78 is 23.8. The van der Waals surface area contributed by atoms with E-state index in [-0.39, 0.29) is 11.8 Å². The molecule has 0 aromatic heterocycles. The first kappa shape index (κ1) is 22.4. The van der Waals surface area contributed by atoms with Gasteiger partial charge in [-0.3, -0.25) is 0 Å². The van der Waals surface area contributed by atoms with Crippen molar-refractivity contribution >= 4 is 27.5 Å². The molecule has 2 saturated heterocycles. The Morgan fingerprint density at radius 1 is 1.17 bits per heavy atom. The third kappa shape index (κ3) is 5.24. The molecular formula is C21H33N5O3S. The van der Waals surface area contributed by atoms with Gasteiger partial charge in [0.25, 0.3) is 0 Å². The number of anilines is 1. The Labute approximate surface area is 179 Å². The van der Waals surface area contributed by atoms with Crippen LogP contribution in [0.1, 0.15) is 39.2 Å². The zero-order valence-corrected chi connectivity index (χ0v) is 19.0. The molecule has 9 heteroatoms. The Kier molecular flexibility index (Phi) is 6.90. The number of nitrogens with one attached hydrogen (secondary N) is 2. The Morgan fingerprint density at radius 2 is 1.90 bits per heavy atom. The van der Waals surface area contributed by atoms with E-state index in [9.17, 15) is 13.2 Å². The number of hydrogen-bond donors (Lipinski definition) is 2. The lowest BCUT2D eigenvalue weighted by molar-refractivity contribution is 0.222. The molecule has 0 spiro atoms. The van der Waals surface area contributed by atoms with Gasteiger partial charge in [-0.05, 0) is 51.3 Å². The molecular weight excluding hydrogens is 402 g/mol. The highest BCUT2D eigenvalue weighted by atomic mass is 32.2. The summed E-state index contributed by atoms with van der Waals surface area (Å²) in [7, 11) is -3.10. The lowest BCUT2D eigenvalue weighted by atomic mass is 10.2. The molecule has 1 aromatic carbocycles. The van der Waals surface area contributed by atoms with Gasteiger partial charge in [-0.15, -0.1) is 0 Å². The van der Waals surface area contributed by atoms with Crippen molar-refractivity contribution in [2.24, 2.45) is 4.99 Å². The van der Waals surface area contributed by atoms with Crippen LogP contribution in [0.4, 0.5) is 10.5 Å². The molecule has 0 saturated carbocycles. The van der Waals surface area contributed by atoms with Crippen molar-refractivity contribution in [3.63, 3.8) is 0 Å². The zero-order valence-electron chi connectivity index (χ0n) is 18.1. The highest BCUT2D eigenvalue weighted by Gasteiger charge is 2.40. The van der Waals surface area contributed by atoms with Crippen molar-refractivity contribution in [1.29, 1.82) is 0 Å². The number of carbonyl (C=O) groups excluding carboxylic acids is 1. The van der Waals surface area contributed by atoms with Gasteiger partial charge in [0.05, 0.1) is 17.0 Å². The molecule has 0 aliphatic carbocycles. The fourth-order valence-corrected chi connectivity index (χ4v) is 5.15. The number of nitrogens with zero attached hydrogens (tertiary/aromatic N) is 3. The Hall–Kier alpha value is -2.29. The first-order chi connectivity index (χ1) is 14.2. The topological polar surface area (TPSA) is 94.1 Å². The third-order valence-electron chi connectivity index (χ3n) is 5.66. The summed E-state index contributed by atoms with van der Waals surface area (Å²) in [6, 6.07) is 7.64. The van der Waals surface area contributed by atoms with E-state index in [1.807, 2.05) is 41.0 Å². The average molecular weight is 436 g/mol. The Morgan fingerprint density at radius 3 is 2.57 bits per heavy atom. The number of urea groups is 1. The van der Waals surface area contributed by atoms with Crippen molar-refractivity contribution in [3.05, 3.63) is 29.8 Å². The van der Waals surface area contributed by atoms with Crippen LogP contribution in [0.15, 0.2) is 29.3 Å². The molecule has 0 radical (unpaired) electrons. The Bertz CT molecular complexity index is 892. The molecule has 2 aliphatic rings. The van der Waals surface area contributed by atoms with E-state index < -0.39 is 14.6 Å². The van der Waals surface area contributed by atoms with Crippen LogP contribution in [0.2, 0.25) is 0 Å². The van der Waals surface area contributed by atoms with Gasteiger partial charge >= 0.3 is 6.03 Å². The van der Waals surface area contributed by atoms with Crippen LogP contribution in [0.25, 0.3) is 0 Å². The Balaban J connectivity index is 1.68. The number of amides is 2. The highest BCUT2D eigenvalue weighted by molar-refractivity contribution is 7.92. The van der Waals surface area contributed by atoms with Gasteiger partial charge in [0.2, 0.25) is 0 Å². The van der Waals surface area contributed by atoms with Crippen LogP contribution in [-0.2, 0) is 16.4 Å². The minimum Gasteiger partial charge on any atom is -0.357 e. The van der Waals surface area contributed by atoms with Crippen molar-refractivity contribution in [1.82, 2.24) is 15.1 Å². The molecule has 2 aliphatic heterocycles. The molecule has 2 amide bonds. The first-order valence-electron chi connectivity index (χ1n) is 10.6. The number of aliphatic imine (C=N–C) groups is 1. The molecule has 2 heterocycles. The molecule has 30 heavy (non-hydrogen) atoms. The van der Waals surface area contributed by atoms with Gasteiger partial charge in [0.15, 0.2) is 15.8 Å². The third-order valence-corrected chi connectivity index (χ3v) is 8.19. The van der Waals surface area contributed by atoms with Crippen LogP contribution in [0, 0.1) is 0 Å². The lowest BCUT2D eigenvalue weighted by Gasteiger charge is -2.39. The summed E-state index contributed by atoms with van der Waals surface area (Å²) in [6.45, 7) is 9.14. The van der Waals surface area contributed by atoms with Crippen LogP contribution < -0.4 is 10.6 Å². The predicted molar refractivity (Wildman–Crippen MR) is 121 cm³/mol. The highest BCUT2D eigenvalue weighted by Crippen LogP contribution is 2.24. The van der Waals surface area contributed by atoms with Gasteiger partial charge in [-0.25, -0.2) is 18.2 Å². The summed E-state index contributed by atoms with van der Waals surface area (Å²) >= 11 is 0. The smallest absolute Gasteiger partial charge is 0.321 e. The quantitative estimate of drug-likeness (QED) is 0.559. The largest absolute Gasteiger partial charge is 0.357 e. The number of rotatable bonds is 4. The van der Waals surface area contributed by atoms with Gasteiger partial charge in [-0.2, -0.15) is 0 Å². The summed E-state index contributed by atoms with van der Waals surface area (Å²) in [6.07, 6.45) is 2.12. The van der Waals surface area contributed by atoms with Crippen molar-refractivity contribution < 1.29 is 13.2 Å². The van der Waals surface area contributed by atoms with Gasteiger partial charge in [0, 0.05) is 38.4 Å². The second-order valence-electron chi connectivity index (χ2n) is 8.49. The maximum atomic E-state index is 12.3. The van der Waals surface area contributed by atoms with Crippen LogP contribution >= 0.6 is 0 Å². The van der Waals surface area contributed by atoms with Gasteiger partial charge in [0.1, 0.15) is 0 Å². The second kappa shape index (κ2) is 9.24. The summed E-state index contributed by atoms with van der Waals surface area (Å²) in [5.74, 6) is 0.842. The average Bonchev–Trinajstić information content (AvgIpc) is 3.23. The minimum atomic E-state index is -3.10. The summed E-state index contributed by atoms with van der Waals surface area (Å²) in [5.41, 5.74) is 1.74. The van der Waals surface area contributed by atoms with Crippen LogP contribution in [0.3, 0.4) is 0 Å². The second-order valence-corrected chi connectivity index (χ2v) is 11.2.